The molecule has 0 aromatic carbocycles. The van der Waals surface area contributed by atoms with Crippen molar-refractivity contribution in [1.82, 2.24) is 5.32 Å². The van der Waals surface area contributed by atoms with Crippen molar-refractivity contribution in [1.29, 1.82) is 0 Å². The zero-order chi connectivity index (χ0) is 7.52. The fourth-order valence-electron chi connectivity index (χ4n) is 1.41. The molecule has 1 heterocycles. The third kappa shape index (κ3) is 1.46. The average Bonchev–Trinajstić information content (AvgIpc) is 2.28. The number of fused-ring (bicyclic) bond motifs is 1. The molecule has 2 aliphatic rings. The largest absolute Gasteiger partial charge is 0.496 e. The van der Waals surface area contributed by atoms with Gasteiger partial charge in [0.2, 0.25) is 0 Å². The van der Waals surface area contributed by atoms with Crippen LogP contribution in [0.25, 0.3) is 0 Å². The molecule has 0 N–H and O–H groups in total. The number of allylic oxidation sites excluding steroid dienone is 2. The summed E-state index contributed by atoms with van der Waals surface area (Å²) in [4.78, 5) is 0. The summed E-state index contributed by atoms with van der Waals surface area (Å²) in [5, 5.41) is 4.50. The Bertz CT molecular complexity index is 196. The molecule has 0 aromatic rings. The molecule has 0 spiro atoms. The predicted molar refractivity (Wildman–Crippen MR) is 43.2 cm³/mol. The van der Waals surface area contributed by atoms with Gasteiger partial charge in [-0.15, -0.1) is 0 Å². The number of hydrogen-bond donors (Lipinski definition) is 0. The topological polar surface area (TPSA) is 23.3 Å². The second-order valence-electron chi connectivity index (χ2n) is 2.86. The van der Waals surface area contributed by atoms with Crippen molar-refractivity contribution in [3.05, 3.63) is 24.0 Å². The summed E-state index contributed by atoms with van der Waals surface area (Å²) in [6.45, 7) is 1.79. The molecular weight excluding hydrogens is 138 g/mol. The van der Waals surface area contributed by atoms with E-state index in [1.807, 2.05) is 12.2 Å². The number of hydrogen-bond acceptors (Lipinski definition) is 1. The van der Waals surface area contributed by atoms with Gasteiger partial charge in [-0.2, -0.15) is 0 Å². The number of nitrogens with zero attached hydrogens (tertiary/aromatic N) is 1. The zero-order valence-corrected chi connectivity index (χ0v) is 6.49. The minimum atomic E-state index is 0.322. The summed E-state index contributed by atoms with van der Waals surface area (Å²) in [6, 6.07) is 0.322. The van der Waals surface area contributed by atoms with E-state index < -0.39 is 0 Å². The van der Waals surface area contributed by atoms with Crippen molar-refractivity contribution < 1.29 is 4.74 Å². The maximum absolute atomic E-state index is 5.52. The minimum absolute atomic E-state index is 0.322. The van der Waals surface area contributed by atoms with Gasteiger partial charge >= 0.3 is 0 Å². The van der Waals surface area contributed by atoms with Crippen molar-refractivity contribution in [2.75, 3.05) is 13.2 Å². The second kappa shape index (κ2) is 3.09. The normalized spacial score (nSPS) is 29.8. The summed E-state index contributed by atoms with van der Waals surface area (Å²) < 4.78 is 5.52. The minimum Gasteiger partial charge on any atom is -0.496 e. The highest BCUT2D eigenvalue weighted by Gasteiger charge is 2.19. The third-order valence-corrected chi connectivity index (χ3v) is 2.01. The molecule has 2 nitrogen and oxygen atoms in total. The maximum atomic E-state index is 5.52. The van der Waals surface area contributed by atoms with Gasteiger partial charge in [-0.1, -0.05) is 12.2 Å². The Balaban J connectivity index is 2.11. The molecule has 0 aromatic heterocycles. The van der Waals surface area contributed by atoms with E-state index in [2.05, 4.69) is 11.4 Å². The smallest absolute Gasteiger partial charge is 0.115 e. The first-order valence-corrected chi connectivity index (χ1v) is 4.13. The number of ether oxygens (including phenoxy) is 1. The van der Waals surface area contributed by atoms with Crippen LogP contribution in [0.3, 0.4) is 0 Å². The van der Waals surface area contributed by atoms with Gasteiger partial charge in [0.1, 0.15) is 5.76 Å². The van der Waals surface area contributed by atoms with Gasteiger partial charge in [-0.05, 0) is 18.9 Å². The Kier molecular flexibility index (Phi) is 1.95. The zero-order valence-electron chi connectivity index (χ0n) is 6.49. The summed E-state index contributed by atoms with van der Waals surface area (Å²) in [6.07, 6.45) is 8.31. The molecule has 1 fully saturated rings. The lowest BCUT2D eigenvalue weighted by Crippen LogP contribution is -2.24. The standard InChI is InChI=1S/C9H12NO/c1-2-5-9-8(4-1)10-6-3-7-11-9/h1-2,5,8H,3-4,6-7H2. The molecule has 2 rings (SSSR count). The SMILES string of the molecule is C1=CCC2[N]CCCOC2=C1. The van der Waals surface area contributed by atoms with Gasteiger partial charge < -0.3 is 4.74 Å². The monoisotopic (exact) mass is 150 g/mol. The first-order chi connectivity index (χ1) is 5.47. The van der Waals surface area contributed by atoms with E-state index in [4.69, 9.17) is 4.74 Å². The predicted octanol–water partition coefficient (Wildman–Crippen LogP) is 1.22. The van der Waals surface area contributed by atoms with Crippen molar-refractivity contribution >= 4 is 0 Å². The molecule has 0 saturated carbocycles. The van der Waals surface area contributed by atoms with Crippen LogP contribution in [-0.4, -0.2) is 19.2 Å². The van der Waals surface area contributed by atoms with E-state index >= 15 is 0 Å². The summed E-state index contributed by atoms with van der Waals surface area (Å²) in [7, 11) is 0. The Hall–Kier alpha value is -0.760. The van der Waals surface area contributed by atoms with Crippen LogP contribution in [-0.2, 0) is 4.74 Å². The van der Waals surface area contributed by atoms with Gasteiger partial charge in [0, 0.05) is 6.54 Å². The molecule has 59 valence electrons. The van der Waals surface area contributed by atoms with Crippen molar-refractivity contribution in [2.24, 2.45) is 0 Å². The fraction of sp³-hybridized carbons (Fsp3) is 0.556. The van der Waals surface area contributed by atoms with E-state index in [0.717, 1.165) is 31.8 Å². The summed E-state index contributed by atoms with van der Waals surface area (Å²) in [5.41, 5.74) is 0. The van der Waals surface area contributed by atoms with Crippen LogP contribution >= 0.6 is 0 Å². The Morgan fingerprint density at radius 2 is 2.55 bits per heavy atom. The number of rotatable bonds is 0. The highest BCUT2D eigenvalue weighted by molar-refractivity contribution is 5.19. The highest BCUT2D eigenvalue weighted by atomic mass is 16.5. The van der Waals surface area contributed by atoms with Crippen LogP contribution in [0.15, 0.2) is 24.0 Å². The molecule has 1 radical (unpaired) electrons. The van der Waals surface area contributed by atoms with Crippen LogP contribution in [0.1, 0.15) is 12.8 Å². The molecule has 2 heteroatoms. The molecule has 11 heavy (non-hydrogen) atoms. The lowest BCUT2D eigenvalue weighted by molar-refractivity contribution is 0.204. The van der Waals surface area contributed by atoms with Crippen LogP contribution < -0.4 is 5.32 Å². The van der Waals surface area contributed by atoms with Crippen LogP contribution in [0.5, 0.6) is 0 Å². The Labute approximate surface area is 66.9 Å². The van der Waals surface area contributed by atoms with Crippen molar-refractivity contribution in [3.8, 4) is 0 Å². The molecule has 1 aliphatic heterocycles. The highest BCUT2D eigenvalue weighted by Crippen LogP contribution is 2.17. The van der Waals surface area contributed by atoms with Gasteiger partial charge in [0.25, 0.3) is 0 Å². The summed E-state index contributed by atoms with van der Waals surface area (Å²) in [5.74, 6) is 1.06. The first-order valence-electron chi connectivity index (χ1n) is 4.13. The third-order valence-electron chi connectivity index (χ3n) is 2.01. The van der Waals surface area contributed by atoms with Gasteiger partial charge in [-0.25, -0.2) is 5.32 Å². The van der Waals surface area contributed by atoms with E-state index in [1.54, 1.807) is 0 Å². The first kappa shape index (κ1) is 6.92. The molecule has 0 bridgehead atoms. The average molecular weight is 150 g/mol. The van der Waals surface area contributed by atoms with E-state index in [0.29, 0.717) is 6.04 Å². The van der Waals surface area contributed by atoms with Gasteiger partial charge in [0.15, 0.2) is 0 Å². The van der Waals surface area contributed by atoms with E-state index in [1.165, 1.54) is 0 Å². The van der Waals surface area contributed by atoms with Gasteiger partial charge in [0.05, 0.1) is 12.6 Å². The molecule has 1 atom stereocenters. The van der Waals surface area contributed by atoms with Crippen molar-refractivity contribution in [3.63, 3.8) is 0 Å². The van der Waals surface area contributed by atoms with Crippen LogP contribution in [0, 0.1) is 0 Å². The molecule has 1 aliphatic carbocycles. The van der Waals surface area contributed by atoms with Crippen molar-refractivity contribution in [2.45, 2.75) is 18.9 Å². The molecular formula is C9H12NO. The molecule has 0 amide bonds. The van der Waals surface area contributed by atoms with E-state index in [-0.39, 0.29) is 0 Å². The fourth-order valence-corrected chi connectivity index (χ4v) is 1.41. The lowest BCUT2D eigenvalue weighted by Gasteiger charge is -2.17. The van der Waals surface area contributed by atoms with Gasteiger partial charge in [-0.3, -0.25) is 0 Å². The van der Waals surface area contributed by atoms with E-state index in [9.17, 15) is 0 Å². The lowest BCUT2D eigenvalue weighted by atomic mass is 10.1. The molecule has 1 unspecified atom stereocenters. The van der Waals surface area contributed by atoms with Crippen LogP contribution in [0.2, 0.25) is 0 Å². The summed E-state index contributed by atoms with van der Waals surface area (Å²) >= 11 is 0. The molecule has 1 saturated heterocycles. The quantitative estimate of drug-likeness (QED) is 0.509. The second-order valence-corrected chi connectivity index (χ2v) is 2.86. The van der Waals surface area contributed by atoms with Crippen LogP contribution in [0.4, 0.5) is 0 Å². The Morgan fingerprint density at radius 3 is 3.55 bits per heavy atom. The Morgan fingerprint density at radius 1 is 1.55 bits per heavy atom. The maximum Gasteiger partial charge on any atom is 0.115 e.